The molecule has 1 aromatic carbocycles. The number of benzene rings is 1. The largest absolute Gasteiger partial charge is 0.492 e. The van der Waals surface area contributed by atoms with Crippen molar-refractivity contribution in [1.29, 1.82) is 0 Å². The van der Waals surface area contributed by atoms with Crippen LogP contribution in [0.1, 0.15) is 13.8 Å². The van der Waals surface area contributed by atoms with Crippen LogP contribution in [-0.2, 0) is 9.59 Å². The number of ether oxygens (including phenoxy) is 1. The lowest BCUT2D eigenvalue weighted by Crippen LogP contribution is -2.54. The summed E-state index contributed by atoms with van der Waals surface area (Å²) in [5, 5.41) is 0. The first-order valence-corrected chi connectivity index (χ1v) is 8.51. The molecule has 0 bridgehead atoms. The molecule has 138 valence electrons. The van der Waals surface area contributed by atoms with E-state index < -0.39 is 0 Å². The first-order chi connectivity index (χ1) is 11.9. The third-order valence-corrected chi connectivity index (χ3v) is 4.58. The van der Waals surface area contributed by atoms with Crippen molar-refractivity contribution in [3.63, 3.8) is 0 Å². The van der Waals surface area contributed by atoms with E-state index in [0.717, 1.165) is 0 Å². The lowest BCUT2D eigenvalue weighted by molar-refractivity contribution is -0.141. The second-order valence-electron chi connectivity index (χ2n) is 6.29. The zero-order valence-corrected chi connectivity index (χ0v) is 15.1. The van der Waals surface area contributed by atoms with Gasteiger partial charge in [-0.3, -0.25) is 14.5 Å². The fourth-order valence-electron chi connectivity index (χ4n) is 2.73. The first-order valence-electron chi connectivity index (χ1n) is 8.51. The Morgan fingerprint density at radius 3 is 2.28 bits per heavy atom. The number of likely N-dealkylation sites (N-methyl/N-ethyl adjacent to an activating group) is 1. The molecule has 0 N–H and O–H groups in total. The maximum atomic E-state index is 12.8. The van der Waals surface area contributed by atoms with Crippen LogP contribution in [0.3, 0.4) is 0 Å². The second-order valence-corrected chi connectivity index (χ2v) is 6.29. The summed E-state index contributed by atoms with van der Waals surface area (Å²) in [5.74, 6) is 0.422. The monoisotopic (exact) mass is 351 g/mol. The highest BCUT2D eigenvalue weighted by Crippen LogP contribution is 2.11. The van der Waals surface area contributed by atoms with Gasteiger partial charge >= 0.3 is 0 Å². The molecule has 0 spiro atoms. The minimum atomic E-state index is -0.298. The van der Waals surface area contributed by atoms with E-state index in [2.05, 4.69) is 0 Å². The minimum Gasteiger partial charge on any atom is -0.492 e. The van der Waals surface area contributed by atoms with Gasteiger partial charge in [-0.25, -0.2) is 4.39 Å². The highest BCUT2D eigenvalue weighted by Gasteiger charge is 2.27. The normalized spacial score (nSPS) is 16.0. The van der Waals surface area contributed by atoms with E-state index in [-0.39, 0.29) is 23.7 Å². The number of amides is 2. The highest BCUT2D eigenvalue weighted by molar-refractivity contribution is 5.82. The van der Waals surface area contributed by atoms with Crippen LogP contribution in [0.25, 0.3) is 0 Å². The maximum Gasteiger partial charge on any atom is 0.239 e. The van der Waals surface area contributed by atoms with Crippen molar-refractivity contribution in [3.05, 3.63) is 30.1 Å². The van der Waals surface area contributed by atoms with Crippen LogP contribution < -0.4 is 4.74 Å². The predicted octanol–water partition coefficient (Wildman–Crippen LogP) is 1.22. The molecule has 25 heavy (non-hydrogen) atoms. The van der Waals surface area contributed by atoms with E-state index in [1.165, 1.54) is 12.1 Å². The second kappa shape index (κ2) is 8.80. The molecule has 2 amide bonds. The summed E-state index contributed by atoms with van der Waals surface area (Å²) in [5.41, 5.74) is 0. The molecule has 0 radical (unpaired) electrons. The summed E-state index contributed by atoms with van der Waals surface area (Å²) in [6, 6.07) is 5.61. The summed E-state index contributed by atoms with van der Waals surface area (Å²) in [7, 11) is 1.88. The fraction of sp³-hybridized carbons (Fsp3) is 0.556. The topological polar surface area (TPSA) is 53.1 Å². The van der Waals surface area contributed by atoms with Crippen molar-refractivity contribution in [2.45, 2.75) is 19.9 Å². The zero-order chi connectivity index (χ0) is 18.4. The molecule has 0 saturated carbocycles. The third-order valence-electron chi connectivity index (χ3n) is 4.58. The molecule has 1 fully saturated rings. The number of carbonyl (C=O) groups is 2. The van der Waals surface area contributed by atoms with Gasteiger partial charge in [-0.1, -0.05) is 0 Å². The Morgan fingerprint density at radius 1 is 1.16 bits per heavy atom. The molecule has 1 atom stereocenters. The Kier molecular flexibility index (Phi) is 6.75. The summed E-state index contributed by atoms with van der Waals surface area (Å²) in [6.07, 6.45) is 0. The van der Waals surface area contributed by atoms with Crippen LogP contribution in [0.4, 0.5) is 4.39 Å². The number of halogens is 1. The standard InChI is InChI=1S/C18H26FN3O3/c1-14(18(24)22-10-8-21(9-11-22)15(2)23)20(3)12-13-25-17-6-4-16(19)5-7-17/h4-7,14H,8-13H2,1-3H3. The fourth-order valence-corrected chi connectivity index (χ4v) is 2.73. The van der Waals surface area contributed by atoms with Gasteiger partial charge in [0, 0.05) is 39.6 Å². The Balaban J connectivity index is 1.75. The molecule has 2 rings (SSSR count). The van der Waals surface area contributed by atoms with Crippen LogP contribution in [0.2, 0.25) is 0 Å². The van der Waals surface area contributed by atoms with E-state index >= 15 is 0 Å². The molecule has 1 heterocycles. The van der Waals surface area contributed by atoms with Crippen molar-refractivity contribution in [2.75, 3.05) is 46.4 Å². The number of nitrogens with zero attached hydrogens (tertiary/aromatic N) is 3. The lowest BCUT2D eigenvalue weighted by atomic mass is 10.2. The van der Waals surface area contributed by atoms with Crippen molar-refractivity contribution < 1.29 is 18.7 Å². The van der Waals surface area contributed by atoms with Gasteiger partial charge in [-0.15, -0.1) is 0 Å². The number of rotatable bonds is 6. The predicted molar refractivity (Wildman–Crippen MR) is 92.8 cm³/mol. The molecule has 0 aliphatic carbocycles. The number of piperazine rings is 1. The van der Waals surface area contributed by atoms with Gasteiger partial charge in [0.1, 0.15) is 18.2 Å². The summed E-state index contributed by atoms with van der Waals surface area (Å²) in [6.45, 7) is 6.74. The number of hydrogen-bond donors (Lipinski definition) is 0. The molecule has 6 nitrogen and oxygen atoms in total. The van der Waals surface area contributed by atoms with Gasteiger partial charge in [0.25, 0.3) is 0 Å². The molecule has 1 unspecified atom stereocenters. The molecular formula is C18H26FN3O3. The van der Waals surface area contributed by atoms with E-state index in [1.807, 2.05) is 18.9 Å². The molecule has 1 aromatic rings. The van der Waals surface area contributed by atoms with Gasteiger partial charge in [0.05, 0.1) is 6.04 Å². The zero-order valence-electron chi connectivity index (χ0n) is 15.1. The van der Waals surface area contributed by atoms with Gasteiger partial charge in [0.15, 0.2) is 0 Å². The summed E-state index contributed by atoms with van der Waals surface area (Å²) < 4.78 is 18.4. The Hall–Kier alpha value is -2.15. The van der Waals surface area contributed by atoms with Crippen LogP contribution >= 0.6 is 0 Å². The molecular weight excluding hydrogens is 325 g/mol. The van der Waals surface area contributed by atoms with Crippen molar-refractivity contribution >= 4 is 11.8 Å². The average Bonchev–Trinajstić information content (AvgIpc) is 2.62. The van der Waals surface area contributed by atoms with Crippen LogP contribution in [0.5, 0.6) is 5.75 Å². The molecule has 1 aliphatic rings. The molecule has 0 aromatic heterocycles. The summed E-state index contributed by atoms with van der Waals surface area (Å²) in [4.78, 5) is 29.4. The van der Waals surface area contributed by atoms with Gasteiger partial charge < -0.3 is 14.5 Å². The quantitative estimate of drug-likeness (QED) is 0.773. The molecule has 1 aliphatic heterocycles. The smallest absolute Gasteiger partial charge is 0.239 e. The van der Waals surface area contributed by atoms with E-state index in [0.29, 0.717) is 45.1 Å². The van der Waals surface area contributed by atoms with Crippen molar-refractivity contribution in [1.82, 2.24) is 14.7 Å². The van der Waals surface area contributed by atoms with E-state index in [1.54, 1.807) is 28.9 Å². The highest BCUT2D eigenvalue weighted by atomic mass is 19.1. The van der Waals surface area contributed by atoms with Gasteiger partial charge in [-0.05, 0) is 38.2 Å². The summed E-state index contributed by atoms with van der Waals surface area (Å²) >= 11 is 0. The third kappa shape index (κ3) is 5.42. The van der Waals surface area contributed by atoms with Crippen LogP contribution in [0, 0.1) is 5.82 Å². The minimum absolute atomic E-state index is 0.0511. The first kappa shape index (κ1) is 19.2. The maximum absolute atomic E-state index is 12.8. The Bertz CT molecular complexity index is 586. The van der Waals surface area contributed by atoms with Gasteiger partial charge in [-0.2, -0.15) is 0 Å². The van der Waals surface area contributed by atoms with E-state index in [4.69, 9.17) is 4.74 Å². The van der Waals surface area contributed by atoms with Crippen molar-refractivity contribution in [3.8, 4) is 5.75 Å². The Morgan fingerprint density at radius 2 is 1.72 bits per heavy atom. The lowest BCUT2D eigenvalue weighted by Gasteiger charge is -2.37. The van der Waals surface area contributed by atoms with Crippen LogP contribution in [-0.4, -0.2) is 78.9 Å². The van der Waals surface area contributed by atoms with Crippen molar-refractivity contribution in [2.24, 2.45) is 0 Å². The Labute approximate surface area is 148 Å². The molecule has 1 saturated heterocycles. The van der Waals surface area contributed by atoms with Crippen LogP contribution in [0.15, 0.2) is 24.3 Å². The number of hydrogen-bond acceptors (Lipinski definition) is 4. The molecule has 7 heteroatoms. The SMILES string of the molecule is CC(=O)N1CCN(C(=O)C(C)N(C)CCOc2ccc(F)cc2)CC1. The van der Waals surface area contributed by atoms with E-state index in [9.17, 15) is 14.0 Å². The number of carbonyl (C=O) groups excluding carboxylic acids is 2. The van der Waals surface area contributed by atoms with Gasteiger partial charge in [0.2, 0.25) is 11.8 Å². The average molecular weight is 351 g/mol.